The predicted molar refractivity (Wildman–Crippen MR) is 246 cm³/mol. The average Bonchev–Trinajstić information content (AvgIpc) is 3.83. The standard InChI is InChI=1S/C21H30N8O.C20H6.HN9O.11H2/c1-15(2)7-19(30)14-28-6-4-5-16(11-28)12-29-20-17(9-24-29)8-22-21(26-20)25-18-10-23-27(3)13-18;1-3-5-7-9-11-13-15-17-19-20-18-16-14-12-10-8-6-4-2;1-2-3-4-5-6-7-8-9-10;;;;;;;;;;;/h8-10,13,15-16H,4-7,11-12,14H2,1-3H3,(H,22,25,26);1-2H3;1H;11*1H/b;;2-1?,4-3+,6-5+,8-7+;;;;;;;;;;;. The molecule has 1 unspecified atom stereocenters. The number of piperidine rings is 1. The molecule has 0 aromatic carbocycles. The van der Waals surface area contributed by atoms with Gasteiger partial charge in [-0.3, -0.25) is 14.4 Å². The zero-order chi connectivity index (χ0) is 43.5. The molecule has 1 atom stereocenters. The van der Waals surface area contributed by atoms with Gasteiger partial charge in [-0.2, -0.15) is 20.7 Å². The molecule has 0 amide bonds. The molecule has 0 radical (unpaired) electrons. The third-order valence-electron chi connectivity index (χ3n) is 6.88. The van der Waals surface area contributed by atoms with Crippen molar-refractivity contribution in [2.24, 2.45) is 60.7 Å². The van der Waals surface area contributed by atoms with Crippen molar-refractivity contribution >= 4 is 28.5 Å². The van der Waals surface area contributed by atoms with E-state index >= 15 is 0 Å². The summed E-state index contributed by atoms with van der Waals surface area (Å²) in [6.07, 6.45) is 10.1. The lowest BCUT2D eigenvalue weighted by atomic mass is 9.97. The van der Waals surface area contributed by atoms with Gasteiger partial charge in [0.1, 0.15) is 11.1 Å². The van der Waals surface area contributed by atoms with Crippen LogP contribution in [0.3, 0.4) is 0 Å². The molecule has 4 heterocycles. The van der Waals surface area contributed by atoms with E-state index in [0.717, 1.165) is 49.2 Å². The van der Waals surface area contributed by atoms with E-state index in [2.05, 4.69) is 187 Å². The number of likely N-dealkylation sites (tertiary alicyclic amines) is 1. The van der Waals surface area contributed by atoms with Crippen LogP contribution in [0.2, 0.25) is 0 Å². The summed E-state index contributed by atoms with van der Waals surface area (Å²) in [6, 6.07) is 0. The van der Waals surface area contributed by atoms with Crippen LogP contribution in [0.5, 0.6) is 0 Å². The van der Waals surface area contributed by atoms with Gasteiger partial charge in [0.15, 0.2) is 5.65 Å². The number of nitrogens with zero attached hydrogens (tertiary/aromatic N) is 15. The molecule has 60 heavy (non-hydrogen) atoms. The molecule has 2 N–H and O–H groups in total. The number of carbonyl (C=O) groups excluding carboxylic acids is 1. The average molecular weight is 822 g/mol. The highest BCUT2D eigenvalue weighted by atomic mass is 16.3. The molecule has 1 fully saturated rings. The van der Waals surface area contributed by atoms with Crippen molar-refractivity contribution in [2.75, 3.05) is 25.0 Å². The maximum Gasteiger partial charge on any atom is 0.229 e. The summed E-state index contributed by atoms with van der Waals surface area (Å²) in [7, 11) is 1.87. The van der Waals surface area contributed by atoms with E-state index in [-0.39, 0.29) is 15.7 Å². The third kappa shape index (κ3) is 21.9. The SMILES string of the molecule is CC#CC#CC#CC#CC#CC#CC#CC#CC#CC.CC(C)CC(=O)CN1CCCC(Cn2ncc3cnc(Nc4cnn(C)c4)nc32)C1.N=N/N=N/N=N/N=N/N=O.[HH].[HH].[HH].[HH].[HH].[HH].[HH].[HH].[HH].[HH].[HH]. The van der Waals surface area contributed by atoms with E-state index < -0.39 is 0 Å². The Morgan fingerprint density at radius 1 is 0.833 bits per heavy atom. The minimum atomic E-state index is 0. The Balaban J connectivity index is -0.000000101. The topological polar surface area (TPSA) is 234 Å². The Bertz CT molecular complexity index is 2570. The fourth-order valence-electron chi connectivity index (χ4n) is 4.80. The molecule has 1 saturated heterocycles. The van der Waals surface area contributed by atoms with Gasteiger partial charge in [-0.1, -0.05) is 25.7 Å². The highest BCUT2D eigenvalue weighted by Crippen LogP contribution is 2.22. The Labute approximate surface area is 364 Å². The maximum atomic E-state index is 12.2. The summed E-state index contributed by atoms with van der Waals surface area (Å²) in [4.78, 5) is 32.8. The van der Waals surface area contributed by atoms with Crippen LogP contribution in [-0.4, -0.2) is 59.8 Å². The highest BCUT2D eigenvalue weighted by molar-refractivity contribution is 5.80. The number of hydrogen-bond donors (Lipinski definition) is 2. The molecular weight excluding hydrogens is 763 g/mol. The fraction of sp³-hybridized carbons (Fsp3) is 0.341. The minimum Gasteiger partial charge on any atom is -0.321 e. The third-order valence-corrected chi connectivity index (χ3v) is 6.88. The number of anilines is 2. The number of fused-ring (bicyclic) bond motifs is 1. The van der Waals surface area contributed by atoms with Gasteiger partial charge in [-0.05, 0) is 161 Å². The van der Waals surface area contributed by atoms with Crippen molar-refractivity contribution in [2.45, 2.75) is 53.5 Å². The monoisotopic (exact) mass is 822 g/mol. The van der Waals surface area contributed by atoms with Crippen molar-refractivity contribution in [1.29, 1.82) is 5.53 Å². The smallest absolute Gasteiger partial charge is 0.229 e. The van der Waals surface area contributed by atoms with Crippen LogP contribution in [0.15, 0.2) is 66.6 Å². The van der Waals surface area contributed by atoms with Crippen molar-refractivity contribution in [3.8, 4) is 107 Å². The summed E-state index contributed by atoms with van der Waals surface area (Å²) in [5, 5.41) is 33.6. The largest absolute Gasteiger partial charge is 0.321 e. The normalized spacial score (nSPS) is 12.1. The van der Waals surface area contributed by atoms with E-state index in [0.29, 0.717) is 36.5 Å². The summed E-state index contributed by atoms with van der Waals surface area (Å²) in [5.41, 5.74) is 7.73. The van der Waals surface area contributed by atoms with Crippen molar-refractivity contribution in [1.82, 2.24) is 34.4 Å². The van der Waals surface area contributed by atoms with Gasteiger partial charge >= 0.3 is 0 Å². The highest BCUT2D eigenvalue weighted by Gasteiger charge is 2.23. The Kier molecular flexibility index (Phi) is 24.0. The summed E-state index contributed by atoms with van der Waals surface area (Å²) >= 11 is 0. The van der Waals surface area contributed by atoms with Crippen LogP contribution in [-0.2, 0) is 18.4 Å². The molecule has 19 nitrogen and oxygen atoms in total. The molecule has 19 heteroatoms. The summed E-state index contributed by atoms with van der Waals surface area (Å²) < 4.78 is 3.70. The molecule has 4 rings (SSSR count). The second-order valence-electron chi connectivity index (χ2n) is 11.9. The van der Waals surface area contributed by atoms with E-state index in [4.69, 9.17) is 5.53 Å². The van der Waals surface area contributed by atoms with Gasteiger partial charge in [-0.25, -0.2) is 9.67 Å². The fourth-order valence-corrected chi connectivity index (χ4v) is 4.80. The summed E-state index contributed by atoms with van der Waals surface area (Å²) in [6.45, 7) is 10.9. The van der Waals surface area contributed by atoms with Gasteiger partial charge in [0.05, 0.1) is 30.0 Å². The first-order valence-corrected chi connectivity index (χ1v) is 17.7. The number of aromatic nitrogens is 6. The van der Waals surface area contributed by atoms with Gasteiger partial charge in [-0.15, -0.1) is 4.91 Å². The van der Waals surface area contributed by atoms with Crippen LogP contribution in [0.4, 0.5) is 11.6 Å². The van der Waals surface area contributed by atoms with Crippen molar-refractivity contribution < 1.29 is 20.5 Å². The van der Waals surface area contributed by atoms with Crippen LogP contribution in [0.25, 0.3) is 11.0 Å². The van der Waals surface area contributed by atoms with E-state index in [9.17, 15) is 9.70 Å². The molecule has 0 saturated carbocycles. The van der Waals surface area contributed by atoms with Crippen molar-refractivity contribution in [3.63, 3.8) is 0 Å². The van der Waals surface area contributed by atoms with E-state index in [1.54, 1.807) is 30.9 Å². The first-order chi connectivity index (χ1) is 29.3. The maximum absolute atomic E-state index is 12.2. The minimum absolute atomic E-state index is 0. The Hall–Kier alpha value is -8.77. The van der Waals surface area contributed by atoms with Crippen LogP contribution in [0, 0.1) is 129 Å². The zero-order valence-electron chi connectivity index (χ0n) is 33.4. The first-order valence-electron chi connectivity index (χ1n) is 17.7. The number of nitrogens with one attached hydrogen (secondary N) is 2. The van der Waals surface area contributed by atoms with Crippen LogP contribution >= 0.6 is 0 Å². The van der Waals surface area contributed by atoms with Crippen LogP contribution in [0.1, 0.15) is 62.7 Å². The number of nitroso groups, excluding NO2 is 1. The Morgan fingerprint density at radius 3 is 1.92 bits per heavy atom. The molecule has 1 aliphatic heterocycles. The molecule has 320 valence electrons. The van der Waals surface area contributed by atoms with Gasteiger partial charge in [0.2, 0.25) is 5.95 Å². The number of aryl methyl sites for hydroxylation is 1. The second-order valence-corrected chi connectivity index (χ2v) is 11.9. The molecular formula is C41H59N17O2. The van der Waals surface area contributed by atoms with Gasteiger partial charge in [0.25, 0.3) is 0 Å². The van der Waals surface area contributed by atoms with Gasteiger partial charge in [0, 0.05) is 70.3 Å². The predicted octanol–water partition coefficient (Wildman–Crippen LogP) is 8.19. The quantitative estimate of drug-likeness (QED) is 0.0780. The molecule has 0 spiro atoms. The molecule has 1 aliphatic rings. The summed E-state index contributed by atoms with van der Waals surface area (Å²) in [5.74, 6) is 47.3. The molecule has 3 aromatic heterocycles. The number of carbonyl (C=O) groups is 1. The lowest BCUT2D eigenvalue weighted by Crippen LogP contribution is -2.40. The molecule has 3 aromatic rings. The number of ketones is 1. The lowest BCUT2D eigenvalue weighted by Gasteiger charge is -2.32. The van der Waals surface area contributed by atoms with Crippen molar-refractivity contribution in [3.05, 3.63) is 29.7 Å². The lowest BCUT2D eigenvalue weighted by molar-refractivity contribution is -0.121. The van der Waals surface area contributed by atoms with E-state index in [1.807, 2.05) is 29.4 Å². The van der Waals surface area contributed by atoms with E-state index in [1.165, 1.54) is 0 Å². The zero-order valence-corrected chi connectivity index (χ0v) is 33.4. The Morgan fingerprint density at radius 2 is 1.40 bits per heavy atom. The van der Waals surface area contributed by atoms with Gasteiger partial charge < -0.3 is 5.32 Å². The number of hydrogen-bond acceptors (Lipinski definition) is 9. The number of Topliss-reactive ketones (excluding diaryl/α,β-unsaturated/α-hetero) is 1. The first kappa shape index (κ1) is 47.4. The van der Waals surface area contributed by atoms with Crippen LogP contribution < -0.4 is 5.32 Å². The molecule has 0 bridgehead atoms. The molecule has 0 aliphatic carbocycles. The second kappa shape index (κ2) is 30.4. The number of rotatable bonds is 12.